The Balaban J connectivity index is 1.23. The minimum Gasteiger partial charge on any atom is -0.265 e. The Morgan fingerprint density at radius 3 is 1.39 bits per heavy atom. The van der Waals surface area contributed by atoms with Crippen molar-refractivity contribution >= 4 is 44.4 Å². The maximum Gasteiger partial charge on any atom is 0.203 e. The van der Waals surface area contributed by atoms with Crippen molar-refractivity contribution in [1.82, 2.24) is 19.9 Å². The van der Waals surface area contributed by atoms with Crippen LogP contribution >= 0.6 is 22.7 Å². The molecule has 4 heterocycles. The van der Waals surface area contributed by atoms with Crippen LogP contribution in [0.15, 0.2) is 94.3 Å². The lowest BCUT2D eigenvalue weighted by atomic mass is 10.1. The number of nitrogens with one attached hydrogen (secondary N) is 2. The predicted molar refractivity (Wildman–Crippen MR) is 149 cm³/mol. The lowest BCUT2D eigenvalue weighted by molar-refractivity contribution is 1.26. The first-order valence-corrected chi connectivity index (χ1v) is 12.8. The molecular weight excluding hydrogens is 488 g/mol. The van der Waals surface area contributed by atoms with E-state index in [4.69, 9.17) is 0 Å². The average Bonchev–Trinajstić information content (AvgIpc) is 3.62. The van der Waals surface area contributed by atoms with Crippen molar-refractivity contribution in [3.8, 4) is 22.5 Å². The van der Waals surface area contributed by atoms with E-state index in [9.17, 15) is 0 Å². The number of thiazole rings is 2. The van der Waals surface area contributed by atoms with Gasteiger partial charge in [-0.05, 0) is 38.1 Å². The first-order chi connectivity index (χ1) is 17.7. The number of rotatable bonds is 8. The summed E-state index contributed by atoms with van der Waals surface area (Å²) in [6.07, 6.45) is 7.01. The number of hydrogen-bond acceptors (Lipinski definition) is 10. The van der Waals surface area contributed by atoms with E-state index < -0.39 is 0 Å². The zero-order valence-electron chi connectivity index (χ0n) is 19.6. The standard InChI is InChI=1S/C26H22N8S2/c1-17(19-7-11-27-12-8-19)31-33-25-29-23(15-35-25)21-3-5-22(6-4-21)24-16-36-26(30-24)34-32-18(2)20-9-13-28-14-10-20/h3-16H,1-2H3,(H,29,33)(H,30,34)/b31-17+,32-18+. The highest BCUT2D eigenvalue weighted by atomic mass is 32.1. The molecule has 0 atom stereocenters. The summed E-state index contributed by atoms with van der Waals surface area (Å²) in [5, 5.41) is 14.4. The van der Waals surface area contributed by atoms with Crippen LogP contribution in [0.3, 0.4) is 0 Å². The highest BCUT2D eigenvalue weighted by Gasteiger charge is 2.08. The van der Waals surface area contributed by atoms with Crippen molar-refractivity contribution in [1.29, 1.82) is 0 Å². The number of pyridine rings is 2. The van der Waals surface area contributed by atoms with Crippen LogP contribution in [0.5, 0.6) is 0 Å². The zero-order chi connectivity index (χ0) is 24.7. The van der Waals surface area contributed by atoms with Gasteiger partial charge in [0.2, 0.25) is 10.3 Å². The quantitative estimate of drug-likeness (QED) is 0.185. The Morgan fingerprint density at radius 2 is 1.00 bits per heavy atom. The van der Waals surface area contributed by atoms with Crippen LogP contribution in [0.2, 0.25) is 0 Å². The molecule has 0 saturated heterocycles. The molecule has 8 nitrogen and oxygen atoms in total. The van der Waals surface area contributed by atoms with E-state index in [2.05, 4.69) is 65.3 Å². The average molecular weight is 511 g/mol. The minimum absolute atomic E-state index is 0.736. The van der Waals surface area contributed by atoms with Gasteiger partial charge in [-0.2, -0.15) is 10.2 Å². The molecule has 4 aromatic heterocycles. The van der Waals surface area contributed by atoms with E-state index in [1.807, 2.05) is 48.9 Å². The Labute approximate surface area is 216 Å². The molecule has 1 aromatic carbocycles. The number of hydrogen-bond donors (Lipinski definition) is 2. The maximum atomic E-state index is 4.66. The largest absolute Gasteiger partial charge is 0.265 e. The van der Waals surface area contributed by atoms with Crippen LogP contribution in [0.4, 0.5) is 10.3 Å². The second-order valence-electron chi connectivity index (χ2n) is 7.74. The van der Waals surface area contributed by atoms with Crippen molar-refractivity contribution in [2.24, 2.45) is 10.2 Å². The molecule has 0 amide bonds. The van der Waals surface area contributed by atoms with E-state index in [0.717, 1.165) is 55.3 Å². The molecule has 2 N–H and O–H groups in total. The second kappa shape index (κ2) is 11.0. The third-order valence-corrected chi connectivity index (χ3v) is 6.81. The lowest BCUT2D eigenvalue weighted by Gasteiger charge is -2.01. The molecule has 0 aliphatic rings. The molecule has 5 rings (SSSR count). The monoisotopic (exact) mass is 510 g/mol. The molecular formula is C26H22N8S2. The van der Waals surface area contributed by atoms with Gasteiger partial charge >= 0.3 is 0 Å². The molecule has 0 spiro atoms. The second-order valence-corrected chi connectivity index (χ2v) is 9.46. The van der Waals surface area contributed by atoms with E-state index in [1.54, 1.807) is 24.8 Å². The molecule has 0 unspecified atom stereocenters. The number of anilines is 2. The third kappa shape index (κ3) is 5.68. The SMILES string of the molecule is C/C(=N\Nc1nc(-c2ccc(-c3csc(N/N=C(\C)c4ccncc4)n3)cc2)cs1)c1ccncc1. The number of aromatic nitrogens is 4. The van der Waals surface area contributed by atoms with Crippen molar-refractivity contribution < 1.29 is 0 Å². The molecule has 0 aliphatic heterocycles. The number of hydrazone groups is 2. The minimum atomic E-state index is 0.736. The fourth-order valence-corrected chi connectivity index (χ4v) is 4.63. The summed E-state index contributed by atoms with van der Waals surface area (Å²) in [5.74, 6) is 0. The molecule has 0 radical (unpaired) electrons. The lowest BCUT2D eigenvalue weighted by Crippen LogP contribution is -1.99. The Morgan fingerprint density at radius 1 is 0.611 bits per heavy atom. The normalized spacial score (nSPS) is 11.9. The highest BCUT2D eigenvalue weighted by Crippen LogP contribution is 2.29. The van der Waals surface area contributed by atoms with Gasteiger partial charge in [-0.1, -0.05) is 24.3 Å². The topological polar surface area (TPSA) is 100 Å². The molecule has 10 heteroatoms. The Bertz CT molecular complexity index is 1380. The van der Waals surface area contributed by atoms with E-state index in [1.165, 1.54) is 22.7 Å². The van der Waals surface area contributed by atoms with Gasteiger partial charge < -0.3 is 0 Å². The van der Waals surface area contributed by atoms with Crippen LogP contribution in [0.1, 0.15) is 25.0 Å². The number of benzene rings is 1. The van der Waals surface area contributed by atoms with Gasteiger partial charge in [-0.15, -0.1) is 22.7 Å². The van der Waals surface area contributed by atoms with Crippen molar-refractivity contribution in [2.75, 3.05) is 10.9 Å². The van der Waals surface area contributed by atoms with E-state index >= 15 is 0 Å². The molecule has 0 aliphatic carbocycles. The Hall–Kier alpha value is -4.28. The summed E-state index contributed by atoms with van der Waals surface area (Å²) in [7, 11) is 0. The van der Waals surface area contributed by atoms with Crippen LogP contribution in [-0.4, -0.2) is 31.4 Å². The van der Waals surface area contributed by atoms with Crippen LogP contribution < -0.4 is 10.9 Å². The summed E-state index contributed by atoms with van der Waals surface area (Å²) in [6.45, 7) is 3.90. The molecule has 36 heavy (non-hydrogen) atoms. The third-order valence-electron chi connectivity index (χ3n) is 5.32. The first-order valence-electron chi connectivity index (χ1n) is 11.1. The van der Waals surface area contributed by atoms with Gasteiger partial charge in [0.05, 0.1) is 22.8 Å². The fourth-order valence-electron chi connectivity index (χ4n) is 3.31. The van der Waals surface area contributed by atoms with Gasteiger partial charge in [0.1, 0.15) is 0 Å². The summed E-state index contributed by atoms with van der Waals surface area (Å²) in [6, 6.07) is 15.9. The summed E-state index contributed by atoms with van der Waals surface area (Å²) >= 11 is 3.03. The molecule has 0 saturated carbocycles. The van der Waals surface area contributed by atoms with Crippen molar-refractivity contribution in [2.45, 2.75) is 13.8 Å². The summed E-state index contributed by atoms with van der Waals surface area (Å²) in [5.41, 5.74) is 13.7. The van der Waals surface area contributed by atoms with Gasteiger partial charge in [-0.25, -0.2) is 9.97 Å². The molecule has 0 fully saturated rings. The van der Waals surface area contributed by atoms with Gasteiger partial charge in [0, 0.05) is 57.8 Å². The van der Waals surface area contributed by atoms with Crippen LogP contribution in [0.25, 0.3) is 22.5 Å². The summed E-state index contributed by atoms with van der Waals surface area (Å²) in [4.78, 5) is 17.4. The Kier molecular flexibility index (Phi) is 7.15. The smallest absolute Gasteiger partial charge is 0.203 e. The highest BCUT2D eigenvalue weighted by molar-refractivity contribution is 7.14. The van der Waals surface area contributed by atoms with Gasteiger partial charge in [-0.3, -0.25) is 20.8 Å². The maximum absolute atomic E-state index is 4.66. The van der Waals surface area contributed by atoms with Crippen molar-refractivity contribution in [3.05, 3.63) is 95.2 Å². The summed E-state index contributed by atoms with van der Waals surface area (Å²) < 4.78 is 0. The van der Waals surface area contributed by atoms with Gasteiger partial charge in [0.15, 0.2) is 0 Å². The molecule has 0 bridgehead atoms. The van der Waals surface area contributed by atoms with Crippen LogP contribution in [0, 0.1) is 0 Å². The van der Waals surface area contributed by atoms with Crippen LogP contribution in [-0.2, 0) is 0 Å². The van der Waals surface area contributed by atoms with E-state index in [-0.39, 0.29) is 0 Å². The first kappa shape index (κ1) is 23.5. The predicted octanol–water partition coefficient (Wildman–Crippen LogP) is 6.40. The fraction of sp³-hybridized carbons (Fsp3) is 0.0769. The van der Waals surface area contributed by atoms with Crippen molar-refractivity contribution in [3.63, 3.8) is 0 Å². The van der Waals surface area contributed by atoms with E-state index in [0.29, 0.717) is 0 Å². The zero-order valence-corrected chi connectivity index (χ0v) is 21.2. The van der Waals surface area contributed by atoms with Gasteiger partial charge in [0.25, 0.3) is 0 Å². The molecule has 5 aromatic rings. The molecule has 178 valence electrons. The number of nitrogens with zero attached hydrogens (tertiary/aromatic N) is 6.